The van der Waals surface area contributed by atoms with Crippen molar-refractivity contribution in [2.45, 2.75) is 6.61 Å². The molecular formula is C26H21Cl2NO5S. The highest BCUT2D eigenvalue weighted by Gasteiger charge is 2.34. The number of hydrogen-bond acceptors (Lipinski definition) is 6. The smallest absolute Gasteiger partial charge is 0.293 e. The van der Waals surface area contributed by atoms with Crippen LogP contribution in [0.1, 0.15) is 11.1 Å². The number of rotatable bonds is 9. The fourth-order valence-corrected chi connectivity index (χ4v) is 4.38. The lowest BCUT2D eigenvalue weighted by Gasteiger charge is -2.13. The lowest BCUT2D eigenvalue weighted by Crippen LogP contribution is -2.32. The summed E-state index contributed by atoms with van der Waals surface area (Å²) in [6, 6.07) is 19.6. The highest BCUT2D eigenvalue weighted by molar-refractivity contribution is 8.18. The first kappa shape index (κ1) is 25.0. The molecule has 1 aliphatic heterocycles. The first-order valence-corrected chi connectivity index (χ1v) is 12.2. The van der Waals surface area contributed by atoms with Gasteiger partial charge in [0.15, 0.2) is 11.5 Å². The summed E-state index contributed by atoms with van der Waals surface area (Å²) in [5, 5.41) is 0.927. The Labute approximate surface area is 217 Å². The molecule has 0 radical (unpaired) electrons. The highest BCUT2D eigenvalue weighted by atomic mass is 35.5. The number of amides is 2. The molecule has 0 unspecified atom stereocenters. The number of nitrogens with zero attached hydrogens (tertiary/aromatic N) is 1. The van der Waals surface area contributed by atoms with Gasteiger partial charge in [-0.1, -0.05) is 41.4 Å². The third-order valence-electron chi connectivity index (χ3n) is 5.06. The molecule has 0 spiro atoms. The van der Waals surface area contributed by atoms with Crippen molar-refractivity contribution in [2.24, 2.45) is 0 Å². The van der Waals surface area contributed by atoms with Gasteiger partial charge < -0.3 is 14.2 Å². The number of hydrogen-bond donors (Lipinski definition) is 0. The maximum atomic E-state index is 12.8. The predicted molar refractivity (Wildman–Crippen MR) is 138 cm³/mol. The van der Waals surface area contributed by atoms with Crippen molar-refractivity contribution in [3.63, 3.8) is 0 Å². The second kappa shape index (κ2) is 11.5. The summed E-state index contributed by atoms with van der Waals surface area (Å²) in [4.78, 5) is 26.7. The Balaban J connectivity index is 1.38. The lowest BCUT2D eigenvalue weighted by molar-refractivity contribution is -0.123. The molecule has 1 aliphatic rings. The molecule has 180 valence electrons. The molecule has 1 saturated heterocycles. The Bertz CT molecular complexity index is 1250. The number of ether oxygens (including phenoxy) is 3. The molecule has 35 heavy (non-hydrogen) atoms. The largest absolute Gasteiger partial charge is 0.493 e. The van der Waals surface area contributed by atoms with Crippen LogP contribution in [0.15, 0.2) is 71.6 Å². The lowest BCUT2D eigenvalue weighted by atomic mass is 10.1. The van der Waals surface area contributed by atoms with E-state index < -0.39 is 0 Å². The van der Waals surface area contributed by atoms with Crippen LogP contribution in [0.3, 0.4) is 0 Å². The van der Waals surface area contributed by atoms with Crippen molar-refractivity contribution in [1.29, 1.82) is 0 Å². The number of imide groups is 1. The van der Waals surface area contributed by atoms with Gasteiger partial charge in [0.1, 0.15) is 19.0 Å². The van der Waals surface area contributed by atoms with E-state index in [1.165, 1.54) is 4.90 Å². The van der Waals surface area contributed by atoms with Gasteiger partial charge in [-0.2, -0.15) is 0 Å². The maximum absolute atomic E-state index is 12.8. The van der Waals surface area contributed by atoms with Gasteiger partial charge in [-0.3, -0.25) is 14.5 Å². The van der Waals surface area contributed by atoms with Crippen LogP contribution in [0.25, 0.3) is 6.08 Å². The molecule has 4 rings (SSSR count). The molecular weight excluding hydrogens is 509 g/mol. The van der Waals surface area contributed by atoms with Crippen LogP contribution in [0.2, 0.25) is 10.0 Å². The molecule has 0 N–H and O–H groups in total. The zero-order valence-corrected chi connectivity index (χ0v) is 21.0. The summed E-state index contributed by atoms with van der Waals surface area (Å²) in [6.07, 6.45) is 1.66. The normalized spacial score (nSPS) is 14.5. The first-order valence-electron chi connectivity index (χ1n) is 10.6. The van der Waals surface area contributed by atoms with Gasteiger partial charge in [0.05, 0.1) is 18.6 Å². The van der Waals surface area contributed by atoms with Gasteiger partial charge in [0.2, 0.25) is 0 Å². The molecule has 0 atom stereocenters. The minimum absolute atomic E-state index is 0.144. The predicted octanol–water partition coefficient (Wildman–Crippen LogP) is 6.70. The van der Waals surface area contributed by atoms with Crippen molar-refractivity contribution in [1.82, 2.24) is 4.90 Å². The summed E-state index contributed by atoms with van der Waals surface area (Å²) in [5.74, 6) is 1.33. The Morgan fingerprint density at radius 3 is 2.26 bits per heavy atom. The number of carbonyl (C=O) groups excluding carboxylic acids is 2. The molecule has 1 fully saturated rings. The molecule has 3 aromatic rings. The van der Waals surface area contributed by atoms with E-state index in [4.69, 9.17) is 37.4 Å². The van der Waals surface area contributed by atoms with Crippen LogP contribution in [0, 0.1) is 0 Å². The van der Waals surface area contributed by atoms with E-state index in [9.17, 15) is 9.59 Å². The zero-order valence-electron chi connectivity index (χ0n) is 18.7. The van der Waals surface area contributed by atoms with Gasteiger partial charge in [0, 0.05) is 10.0 Å². The van der Waals surface area contributed by atoms with Crippen LogP contribution in [0.4, 0.5) is 4.79 Å². The number of thioether (sulfide) groups is 1. The average molecular weight is 530 g/mol. The number of benzene rings is 3. The maximum Gasteiger partial charge on any atom is 0.293 e. The third kappa shape index (κ3) is 6.51. The van der Waals surface area contributed by atoms with Gasteiger partial charge in [0.25, 0.3) is 11.1 Å². The second-order valence-electron chi connectivity index (χ2n) is 7.46. The van der Waals surface area contributed by atoms with Gasteiger partial charge in [-0.15, -0.1) is 0 Å². The second-order valence-corrected chi connectivity index (χ2v) is 9.33. The average Bonchev–Trinajstić information content (AvgIpc) is 3.12. The van der Waals surface area contributed by atoms with Crippen LogP contribution in [0.5, 0.6) is 17.2 Å². The molecule has 2 amide bonds. The summed E-state index contributed by atoms with van der Waals surface area (Å²) in [5.41, 5.74) is 1.68. The van der Waals surface area contributed by atoms with Gasteiger partial charge in [-0.25, -0.2) is 0 Å². The van der Waals surface area contributed by atoms with Crippen LogP contribution in [-0.4, -0.2) is 36.3 Å². The van der Waals surface area contributed by atoms with E-state index in [1.54, 1.807) is 67.8 Å². The van der Waals surface area contributed by atoms with Crippen LogP contribution in [-0.2, 0) is 11.4 Å². The highest BCUT2D eigenvalue weighted by Crippen LogP contribution is 2.34. The fraction of sp³-hybridized carbons (Fsp3) is 0.154. The number of halogens is 2. The Morgan fingerprint density at radius 2 is 1.57 bits per heavy atom. The van der Waals surface area contributed by atoms with E-state index in [0.29, 0.717) is 44.4 Å². The third-order valence-corrected chi connectivity index (χ3v) is 6.48. The zero-order chi connectivity index (χ0) is 24.8. The minimum Gasteiger partial charge on any atom is -0.493 e. The van der Waals surface area contributed by atoms with Gasteiger partial charge >= 0.3 is 0 Å². The molecule has 9 heteroatoms. The topological polar surface area (TPSA) is 65.1 Å². The van der Waals surface area contributed by atoms with Crippen molar-refractivity contribution in [3.05, 3.63) is 92.8 Å². The van der Waals surface area contributed by atoms with Crippen molar-refractivity contribution >= 4 is 52.2 Å². The molecule has 1 heterocycles. The molecule has 0 bridgehead atoms. The summed E-state index contributed by atoms with van der Waals surface area (Å²) in [6.45, 7) is 0.676. The minimum atomic E-state index is -0.360. The van der Waals surface area contributed by atoms with Crippen molar-refractivity contribution < 1.29 is 23.8 Å². The Morgan fingerprint density at radius 1 is 0.886 bits per heavy atom. The molecule has 0 aromatic heterocycles. The van der Waals surface area contributed by atoms with E-state index in [0.717, 1.165) is 17.3 Å². The van der Waals surface area contributed by atoms with Crippen LogP contribution < -0.4 is 14.2 Å². The van der Waals surface area contributed by atoms with Gasteiger partial charge in [-0.05, 0) is 77.5 Å². The van der Waals surface area contributed by atoms with Crippen molar-refractivity contribution in [3.8, 4) is 17.2 Å². The fourth-order valence-electron chi connectivity index (χ4n) is 3.26. The molecule has 0 saturated carbocycles. The molecule has 0 aliphatic carbocycles. The number of carbonyl (C=O) groups is 2. The SMILES string of the molecule is COc1cc(/C=C2\SC(=O)N(CCOc3ccc(Cl)cc3)C2=O)ccc1OCc1ccc(Cl)cc1. The number of methoxy groups -OCH3 is 1. The van der Waals surface area contributed by atoms with E-state index in [-0.39, 0.29) is 24.3 Å². The first-order chi connectivity index (χ1) is 16.9. The molecule has 3 aromatic carbocycles. The van der Waals surface area contributed by atoms with E-state index in [1.807, 2.05) is 12.1 Å². The Kier molecular flexibility index (Phi) is 8.23. The van der Waals surface area contributed by atoms with E-state index in [2.05, 4.69) is 0 Å². The summed E-state index contributed by atoms with van der Waals surface area (Å²) >= 11 is 12.7. The summed E-state index contributed by atoms with van der Waals surface area (Å²) < 4.78 is 16.9. The molecule has 6 nitrogen and oxygen atoms in total. The van der Waals surface area contributed by atoms with Crippen molar-refractivity contribution in [2.75, 3.05) is 20.3 Å². The summed E-state index contributed by atoms with van der Waals surface area (Å²) in [7, 11) is 1.54. The van der Waals surface area contributed by atoms with E-state index >= 15 is 0 Å². The monoisotopic (exact) mass is 529 g/mol. The Hall–Kier alpha value is -3.13. The van der Waals surface area contributed by atoms with Crippen LogP contribution >= 0.6 is 35.0 Å². The quantitative estimate of drug-likeness (QED) is 0.287. The standard InChI is InChI=1S/C26H21Cl2NO5S/c1-32-23-14-18(4-11-22(23)34-16-17-2-5-19(27)6-3-17)15-24-25(30)29(26(31)35-24)12-13-33-21-9-7-20(28)8-10-21/h2-11,14-15H,12-13,16H2,1H3/b24-15-.